The van der Waals surface area contributed by atoms with E-state index in [1.54, 1.807) is 12.4 Å². The van der Waals surface area contributed by atoms with Gasteiger partial charge in [-0.25, -0.2) is 0 Å². The van der Waals surface area contributed by atoms with Crippen molar-refractivity contribution in [3.05, 3.63) is 30.1 Å². The van der Waals surface area contributed by atoms with E-state index in [0.717, 1.165) is 12.8 Å². The van der Waals surface area contributed by atoms with Crippen LogP contribution in [-0.2, 0) is 11.2 Å². The molecule has 0 aromatic carbocycles. The van der Waals surface area contributed by atoms with E-state index in [2.05, 4.69) is 10.3 Å². The highest BCUT2D eigenvalue weighted by Crippen LogP contribution is 2.08. The summed E-state index contributed by atoms with van der Waals surface area (Å²) in [6.45, 7) is 4.61. The van der Waals surface area contributed by atoms with Crippen LogP contribution in [0, 0.1) is 5.92 Å². The van der Waals surface area contributed by atoms with Gasteiger partial charge < -0.3 is 5.32 Å². The highest BCUT2D eigenvalue weighted by atomic mass is 16.1. The van der Waals surface area contributed by atoms with Crippen LogP contribution in [0.1, 0.15) is 25.8 Å². The molecular formula is C12H18N2O. The van der Waals surface area contributed by atoms with Gasteiger partial charge in [-0.2, -0.15) is 0 Å². The molecule has 1 amide bonds. The van der Waals surface area contributed by atoms with E-state index in [1.165, 1.54) is 5.56 Å². The number of carbonyl (C=O) groups excluding carboxylic acids is 1. The zero-order valence-corrected chi connectivity index (χ0v) is 9.36. The Kier molecular flexibility index (Phi) is 4.81. The van der Waals surface area contributed by atoms with Gasteiger partial charge in [-0.3, -0.25) is 9.78 Å². The van der Waals surface area contributed by atoms with E-state index in [4.69, 9.17) is 0 Å². The Balaban J connectivity index is 2.34. The molecule has 0 aliphatic rings. The molecule has 0 aliphatic heterocycles. The Morgan fingerprint density at radius 2 is 2.13 bits per heavy atom. The molecule has 1 aromatic rings. The largest absolute Gasteiger partial charge is 0.356 e. The summed E-state index contributed by atoms with van der Waals surface area (Å²) in [4.78, 5) is 15.4. The Hall–Kier alpha value is -1.38. The van der Waals surface area contributed by atoms with Gasteiger partial charge in [0.1, 0.15) is 0 Å². The topological polar surface area (TPSA) is 42.0 Å². The molecule has 1 N–H and O–H groups in total. The lowest BCUT2D eigenvalue weighted by Gasteiger charge is -2.10. The van der Waals surface area contributed by atoms with E-state index in [-0.39, 0.29) is 11.8 Å². The Morgan fingerprint density at radius 3 is 2.73 bits per heavy atom. The number of hydrogen-bond donors (Lipinski definition) is 1. The van der Waals surface area contributed by atoms with Crippen molar-refractivity contribution in [1.29, 1.82) is 0 Å². The summed E-state index contributed by atoms with van der Waals surface area (Å²) in [6.07, 6.45) is 5.38. The van der Waals surface area contributed by atoms with E-state index in [9.17, 15) is 4.79 Å². The average molecular weight is 206 g/mol. The first-order valence-electron chi connectivity index (χ1n) is 5.40. The minimum atomic E-state index is 0.0816. The first kappa shape index (κ1) is 11.7. The van der Waals surface area contributed by atoms with Crippen LogP contribution >= 0.6 is 0 Å². The zero-order chi connectivity index (χ0) is 11.1. The molecule has 0 fully saturated rings. The minimum absolute atomic E-state index is 0.0816. The molecule has 0 saturated heterocycles. The van der Waals surface area contributed by atoms with Crippen molar-refractivity contribution in [3.63, 3.8) is 0 Å². The fraction of sp³-hybridized carbons (Fsp3) is 0.500. The van der Waals surface area contributed by atoms with Crippen LogP contribution in [-0.4, -0.2) is 17.4 Å². The van der Waals surface area contributed by atoms with E-state index < -0.39 is 0 Å². The molecule has 3 nitrogen and oxygen atoms in total. The predicted octanol–water partition coefficient (Wildman–Crippen LogP) is 1.79. The number of hydrogen-bond acceptors (Lipinski definition) is 2. The second kappa shape index (κ2) is 6.17. The van der Waals surface area contributed by atoms with Gasteiger partial charge in [0.05, 0.1) is 0 Å². The van der Waals surface area contributed by atoms with Crippen molar-refractivity contribution in [1.82, 2.24) is 10.3 Å². The van der Waals surface area contributed by atoms with Crippen molar-refractivity contribution in [2.75, 3.05) is 6.54 Å². The maximum absolute atomic E-state index is 11.4. The molecule has 15 heavy (non-hydrogen) atoms. The highest BCUT2D eigenvalue weighted by molar-refractivity contribution is 5.78. The molecule has 1 aromatic heterocycles. The van der Waals surface area contributed by atoms with Crippen molar-refractivity contribution in [3.8, 4) is 0 Å². The van der Waals surface area contributed by atoms with Gasteiger partial charge in [-0.1, -0.05) is 6.92 Å². The number of pyridine rings is 1. The molecule has 0 saturated carbocycles. The summed E-state index contributed by atoms with van der Waals surface area (Å²) in [5.41, 5.74) is 1.24. The van der Waals surface area contributed by atoms with Crippen LogP contribution in [0.2, 0.25) is 0 Å². The Labute approximate surface area is 90.9 Å². The van der Waals surface area contributed by atoms with Crippen molar-refractivity contribution >= 4 is 5.91 Å². The van der Waals surface area contributed by atoms with Crippen molar-refractivity contribution in [2.24, 2.45) is 5.92 Å². The third-order valence-electron chi connectivity index (χ3n) is 2.41. The van der Waals surface area contributed by atoms with Crippen LogP contribution in [0.5, 0.6) is 0 Å². The van der Waals surface area contributed by atoms with Crippen LogP contribution in [0.4, 0.5) is 0 Å². The second-order valence-corrected chi connectivity index (χ2v) is 3.69. The second-order valence-electron chi connectivity index (χ2n) is 3.69. The predicted molar refractivity (Wildman–Crippen MR) is 60.4 cm³/mol. The first-order valence-corrected chi connectivity index (χ1v) is 5.40. The summed E-state index contributed by atoms with van der Waals surface area (Å²) >= 11 is 0. The molecule has 0 bridgehead atoms. The molecule has 82 valence electrons. The number of carbonyl (C=O) groups is 1. The molecular weight excluding hydrogens is 188 g/mol. The maximum Gasteiger partial charge on any atom is 0.222 e. The number of nitrogens with zero attached hydrogens (tertiary/aromatic N) is 1. The molecule has 1 heterocycles. The van der Waals surface area contributed by atoms with E-state index in [1.807, 2.05) is 26.0 Å². The highest BCUT2D eigenvalue weighted by Gasteiger charge is 2.11. The standard InChI is InChI=1S/C12H18N2O/c1-3-14-12(15)10(2)4-5-11-6-8-13-9-7-11/h6-10H,3-5H2,1-2H3,(H,14,15). The molecule has 1 atom stereocenters. The lowest BCUT2D eigenvalue weighted by molar-refractivity contribution is -0.124. The summed E-state index contributed by atoms with van der Waals surface area (Å²) in [6, 6.07) is 3.98. The first-order chi connectivity index (χ1) is 7.24. The van der Waals surface area contributed by atoms with E-state index in [0.29, 0.717) is 6.54 Å². The minimum Gasteiger partial charge on any atom is -0.356 e. The Morgan fingerprint density at radius 1 is 1.47 bits per heavy atom. The number of aromatic nitrogens is 1. The molecule has 1 unspecified atom stereocenters. The van der Waals surface area contributed by atoms with Gasteiger partial charge in [0, 0.05) is 24.9 Å². The molecule has 0 aliphatic carbocycles. The number of nitrogens with one attached hydrogen (secondary N) is 1. The molecule has 3 heteroatoms. The third kappa shape index (κ3) is 4.11. The van der Waals surface area contributed by atoms with Gasteiger partial charge in [-0.15, -0.1) is 0 Å². The van der Waals surface area contributed by atoms with Crippen molar-refractivity contribution in [2.45, 2.75) is 26.7 Å². The number of aryl methyl sites for hydroxylation is 1. The lowest BCUT2D eigenvalue weighted by atomic mass is 10.0. The monoisotopic (exact) mass is 206 g/mol. The van der Waals surface area contributed by atoms with Crippen LogP contribution < -0.4 is 5.32 Å². The summed E-state index contributed by atoms with van der Waals surface area (Å²) in [5.74, 6) is 0.227. The lowest BCUT2D eigenvalue weighted by Crippen LogP contribution is -2.29. The zero-order valence-electron chi connectivity index (χ0n) is 9.36. The van der Waals surface area contributed by atoms with Gasteiger partial charge in [0.15, 0.2) is 0 Å². The third-order valence-corrected chi connectivity index (χ3v) is 2.41. The van der Waals surface area contributed by atoms with Gasteiger partial charge >= 0.3 is 0 Å². The van der Waals surface area contributed by atoms with Crippen LogP contribution in [0.3, 0.4) is 0 Å². The van der Waals surface area contributed by atoms with Gasteiger partial charge in [0.25, 0.3) is 0 Å². The quantitative estimate of drug-likeness (QED) is 0.798. The maximum atomic E-state index is 11.4. The van der Waals surface area contributed by atoms with Crippen LogP contribution in [0.25, 0.3) is 0 Å². The molecule has 0 radical (unpaired) electrons. The normalized spacial score (nSPS) is 12.1. The van der Waals surface area contributed by atoms with Gasteiger partial charge in [0.2, 0.25) is 5.91 Å². The van der Waals surface area contributed by atoms with Crippen molar-refractivity contribution < 1.29 is 4.79 Å². The smallest absolute Gasteiger partial charge is 0.222 e. The van der Waals surface area contributed by atoms with E-state index >= 15 is 0 Å². The van der Waals surface area contributed by atoms with Crippen LogP contribution in [0.15, 0.2) is 24.5 Å². The summed E-state index contributed by atoms with van der Waals surface area (Å²) in [5, 5.41) is 2.83. The number of amides is 1. The molecule has 1 rings (SSSR count). The summed E-state index contributed by atoms with van der Waals surface area (Å²) in [7, 11) is 0. The average Bonchev–Trinajstić information content (AvgIpc) is 2.27. The number of rotatable bonds is 5. The fourth-order valence-electron chi connectivity index (χ4n) is 1.41. The summed E-state index contributed by atoms with van der Waals surface area (Å²) < 4.78 is 0. The fourth-order valence-corrected chi connectivity index (χ4v) is 1.41. The molecule has 0 spiro atoms. The SMILES string of the molecule is CCNC(=O)C(C)CCc1ccncc1. The Bertz CT molecular complexity index is 298. The van der Waals surface area contributed by atoms with Gasteiger partial charge in [-0.05, 0) is 37.5 Å².